The summed E-state index contributed by atoms with van der Waals surface area (Å²) in [4.78, 5) is 51.3. The molecule has 1 aromatic heterocycles. The zero-order valence-corrected chi connectivity index (χ0v) is 28.6. The van der Waals surface area contributed by atoms with Gasteiger partial charge in [0.15, 0.2) is 0 Å². The minimum absolute atomic E-state index is 0.0566. The van der Waals surface area contributed by atoms with E-state index in [1.165, 1.54) is 16.3 Å². The molecule has 2 amide bonds. The smallest absolute Gasteiger partial charge is 0.410 e. The van der Waals surface area contributed by atoms with Gasteiger partial charge in [-0.15, -0.1) is 0 Å². The zero-order valence-electron chi connectivity index (χ0n) is 28.6. The van der Waals surface area contributed by atoms with Crippen LogP contribution in [-0.2, 0) is 38.6 Å². The van der Waals surface area contributed by atoms with Crippen LogP contribution in [0.2, 0.25) is 0 Å². The lowest BCUT2D eigenvalue weighted by molar-refractivity contribution is -0.142. The second-order valence-corrected chi connectivity index (χ2v) is 12.6. The van der Waals surface area contributed by atoms with Gasteiger partial charge in [-0.2, -0.15) is 5.10 Å². The van der Waals surface area contributed by atoms with Crippen LogP contribution in [0.4, 0.5) is 4.79 Å². The maximum Gasteiger partial charge on any atom is 0.410 e. The molecule has 2 heterocycles. The fourth-order valence-corrected chi connectivity index (χ4v) is 4.91. The summed E-state index contributed by atoms with van der Waals surface area (Å²) < 4.78 is 11.7. The van der Waals surface area contributed by atoms with Crippen LogP contribution in [0, 0.1) is 13.8 Å². The first-order valence-corrected chi connectivity index (χ1v) is 16.1. The zero-order chi connectivity index (χ0) is 34.4. The first-order chi connectivity index (χ1) is 22.3. The Kier molecular flexibility index (Phi) is 14.1. The van der Waals surface area contributed by atoms with Crippen molar-refractivity contribution in [3.63, 3.8) is 0 Å². The van der Waals surface area contributed by atoms with E-state index in [0.29, 0.717) is 45.8 Å². The van der Waals surface area contributed by atoms with E-state index in [0.717, 1.165) is 35.5 Å². The van der Waals surface area contributed by atoms with Crippen LogP contribution in [0.25, 0.3) is 0 Å². The lowest BCUT2D eigenvalue weighted by Crippen LogP contribution is -2.50. The van der Waals surface area contributed by atoms with E-state index < -0.39 is 5.60 Å². The van der Waals surface area contributed by atoms with Gasteiger partial charge >= 0.3 is 12.1 Å². The van der Waals surface area contributed by atoms with E-state index in [1.807, 2.05) is 77.1 Å². The van der Waals surface area contributed by atoms with Gasteiger partial charge in [-0.25, -0.2) is 9.48 Å². The maximum absolute atomic E-state index is 12.1. The number of aryl methyl sites for hydroxylation is 2. The number of benzene rings is 2. The number of carbonyl (C=O) groups excluding carboxylic acids is 3. The number of aromatic nitrogens is 2. The fourth-order valence-electron chi connectivity index (χ4n) is 4.91. The number of nitrogens with one attached hydrogen (secondary N) is 1. The van der Waals surface area contributed by atoms with Crippen LogP contribution in [0.3, 0.4) is 0 Å². The molecule has 0 unspecified atom stereocenters. The Labute approximate surface area is 277 Å². The van der Waals surface area contributed by atoms with Gasteiger partial charge in [0.25, 0.3) is 5.56 Å². The van der Waals surface area contributed by atoms with Crippen molar-refractivity contribution >= 4 is 18.0 Å². The minimum Gasteiger partial charge on any atom is -0.466 e. The van der Waals surface area contributed by atoms with Crippen LogP contribution in [-0.4, -0.2) is 82.5 Å². The molecule has 0 aliphatic carbocycles. The monoisotopic (exact) mass is 647 g/mol. The molecule has 0 saturated carbocycles. The van der Waals surface area contributed by atoms with Gasteiger partial charge in [0.2, 0.25) is 5.91 Å². The molecule has 0 atom stereocenters. The summed E-state index contributed by atoms with van der Waals surface area (Å²) in [6.07, 6.45) is 0.448. The summed E-state index contributed by atoms with van der Waals surface area (Å²) in [6, 6.07) is 18.9. The van der Waals surface area contributed by atoms with Gasteiger partial charge in [-0.1, -0.05) is 54.1 Å². The molecule has 11 nitrogen and oxygen atoms in total. The molecule has 1 aliphatic rings. The van der Waals surface area contributed by atoms with Crippen molar-refractivity contribution in [3.05, 3.63) is 99.0 Å². The third-order valence-electron chi connectivity index (χ3n) is 7.23. The SMILES string of the molecule is CCOC(=O)Cc1cccc(Cn2nc(C)ccc2=O)c1.Cc1cccc(CNC(=O)CCN2CCN(C(=O)OC(C)(C)C)CC2)c1. The summed E-state index contributed by atoms with van der Waals surface area (Å²) >= 11 is 0. The van der Waals surface area contributed by atoms with E-state index in [1.54, 1.807) is 17.9 Å². The molecule has 47 heavy (non-hydrogen) atoms. The number of piperazine rings is 1. The molecule has 2 aromatic carbocycles. The Balaban J connectivity index is 0.000000261. The number of hydrogen-bond donors (Lipinski definition) is 1. The standard InChI is InChI=1S/C20H31N3O3.C16H18N2O3/c1-16-6-5-7-17(14-16)15-21-18(24)8-9-22-10-12-23(13-11-22)19(25)26-20(2,3)4;1-3-21-16(20)10-13-5-4-6-14(9-13)11-18-15(19)8-7-12(2)17-18/h5-7,14H,8-13,15H2,1-4H3,(H,21,24);4-9H,3,10-11H2,1-2H3. The van der Waals surface area contributed by atoms with Crippen molar-refractivity contribution in [3.8, 4) is 0 Å². The lowest BCUT2D eigenvalue weighted by Gasteiger charge is -2.35. The predicted molar refractivity (Wildman–Crippen MR) is 181 cm³/mol. The number of hydrogen-bond acceptors (Lipinski definition) is 8. The molecule has 1 aliphatic heterocycles. The largest absolute Gasteiger partial charge is 0.466 e. The minimum atomic E-state index is -0.469. The van der Waals surface area contributed by atoms with Crippen molar-refractivity contribution in [2.45, 2.75) is 73.1 Å². The summed E-state index contributed by atoms with van der Waals surface area (Å²) in [5.74, 6) is -0.193. The Morgan fingerprint density at radius 3 is 2.26 bits per heavy atom. The van der Waals surface area contributed by atoms with E-state index in [4.69, 9.17) is 9.47 Å². The molecule has 0 spiro atoms. The Morgan fingerprint density at radius 1 is 0.894 bits per heavy atom. The summed E-state index contributed by atoms with van der Waals surface area (Å²) in [7, 11) is 0. The Hall–Kier alpha value is -4.51. The summed E-state index contributed by atoms with van der Waals surface area (Å²) in [5.41, 5.74) is 4.28. The summed E-state index contributed by atoms with van der Waals surface area (Å²) in [5, 5.41) is 7.17. The third kappa shape index (κ3) is 13.8. The highest BCUT2D eigenvalue weighted by atomic mass is 16.6. The van der Waals surface area contributed by atoms with Crippen molar-refractivity contribution in [2.24, 2.45) is 0 Å². The van der Waals surface area contributed by atoms with Gasteiger partial charge in [-0.05, 0) is 64.3 Å². The third-order valence-corrected chi connectivity index (χ3v) is 7.23. The molecule has 1 fully saturated rings. The van der Waals surface area contributed by atoms with Crippen LogP contribution in [0.5, 0.6) is 0 Å². The van der Waals surface area contributed by atoms with Crippen molar-refractivity contribution in [2.75, 3.05) is 39.3 Å². The van der Waals surface area contributed by atoms with E-state index in [2.05, 4.69) is 21.4 Å². The molecule has 0 radical (unpaired) electrons. The van der Waals surface area contributed by atoms with E-state index >= 15 is 0 Å². The highest BCUT2D eigenvalue weighted by Gasteiger charge is 2.25. The molecular weight excluding hydrogens is 598 g/mol. The predicted octanol–water partition coefficient (Wildman–Crippen LogP) is 4.26. The van der Waals surface area contributed by atoms with Gasteiger partial charge in [-0.3, -0.25) is 19.3 Å². The number of ether oxygens (including phenoxy) is 2. The molecule has 254 valence electrons. The van der Waals surface area contributed by atoms with E-state index in [-0.39, 0.29) is 29.9 Å². The van der Waals surface area contributed by atoms with Gasteiger partial charge in [0.1, 0.15) is 5.60 Å². The van der Waals surface area contributed by atoms with Crippen LogP contribution in [0.1, 0.15) is 62.1 Å². The number of rotatable bonds is 10. The number of nitrogens with zero attached hydrogens (tertiary/aromatic N) is 4. The van der Waals surface area contributed by atoms with E-state index in [9.17, 15) is 19.2 Å². The molecular formula is C36H49N5O6. The molecule has 1 saturated heterocycles. The van der Waals surface area contributed by atoms with Crippen LogP contribution in [0.15, 0.2) is 65.5 Å². The van der Waals surface area contributed by atoms with Crippen LogP contribution < -0.4 is 10.9 Å². The number of esters is 1. The average Bonchev–Trinajstić information content (AvgIpc) is 3.01. The number of amides is 2. The Bertz CT molecular complexity index is 1540. The molecule has 11 heteroatoms. The lowest BCUT2D eigenvalue weighted by atomic mass is 10.1. The number of carbonyl (C=O) groups is 3. The van der Waals surface area contributed by atoms with Crippen LogP contribution >= 0.6 is 0 Å². The molecule has 1 N–H and O–H groups in total. The molecule has 3 aromatic rings. The highest BCUT2D eigenvalue weighted by molar-refractivity contribution is 5.76. The quantitative estimate of drug-likeness (QED) is 0.324. The average molecular weight is 648 g/mol. The van der Waals surface area contributed by atoms with Crippen molar-refractivity contribution in [1.29, 1.82) is 0 Å². The van der Waals surface area contributed by atoms with Gasteiger partial charge in [0, 0.05) is 51.8 Å². The van der Waals surface area contributed by atoms with Crippen molar-refractivity contribution < 1.29 is 23.9 Å². The first-order valence-electron chi connectivity index (χ1n) is 16.1. The first kappa shape index (κ1) is 37.0. The maximum atomic E-state index is 12.1. The van der Waals surface area contributed by atoms with Crippen molar-refractivity contribution in [1.82, 2.24) is 24.9 Å². The van der Waals surface area contributed by atoms with Gasteiger partial charge < -0.3 is 19.7 Å². The fraction of sp³-hybridized carbons (Fsp3) is 0.472. The second kappa shape index (κ2) is 18.0. The molecule has 4 rings (SSSR count). The normalized spacial score (nSPS) is 13.3. The second-order valence-electron chi connectivity index (χ2n) is 12.6. The topological polar surface area (TPSA) is 123 Å². The molecule has 0 bridgehead atoms. The van der Waals surface area contributed by atoms with Gasteiger partial charge in [0.05, 0.1) is 25.3 Å². The summed E-state index contributed by atoms with van der Waals surface area (Å²) in [6.45, 7) is 16.1. The highest BCUT2D eigenvalue weighted by Crippen LogP contribution is 2.12. The Morgan fingerprint density at radius 2 is 1.57 bits per heavy atom.